The average molecular weight is 872 g/mol. The Bertz CT molecular complexity index is 1550. The highest BCUT2D eigenvalue weighted by Crippen LogP contribution is 2.11. The second kappa shape index (κ2) is 26.6. The molecule has 1 aromatic rings. The van der Waals surface area contributed by atoms with Crippen LogP contribution in [0.5, 0.6) is 0 Å². The van der Waals surface area contributed by atoms with Gasteiger partial charge in [0.25, 0.3) is 0 Å². The molecule has 0 aliphatic rings. The first-order valence-electron chi connectivity index (χ1n) is 19.7. The Morgan fingerprint density at radius 3 is 1.66 bits per heavy atom. The monoisotopic (exact) mass is 871 g/mol. The molecule has 0 radical (unpaired) electrons. The van der Waals surface area contributed by atoms with Crippen LogP contribution < -0.4 is 48.7 Å². The molecule has 0 saturated carbocycles. The summed E-state index contributed by atoms with van der Waals surface area (Å²) in [6.45, 7) is 12.1. The molecule has 1 rings (SSSR count). The number of aromatic amines is 1. The Labute approximate surface area is 356 Å². The van der Waals surface area contributed by atoms with E-state index in [1.807, 2.05) is 13.8 Å². The number of aromatic nitrogens is 2. The molecule has 1 heterocycles. The third kappa shape index (κ3) is 18.6. The zero-order chi connectivity index (χ0) is 45.0. The van der Waals surface area contributed by atoms with Gasteiger partial charge in [0.15, 0.2) is 0 Å². The lowest BCUT2D eigenvalue weighted by Crippen LogP contribution is -2.61. The van der Waals surface area contributed by atoms with Crippen molar-refractivity contribution in [3.05, 3.63) is 18.2 Å². The van der Waals surface area contributed by atoms with E-state index in [0.29, 0.717) is 25.1 Å². The Hall–Kier alpha value is -4.41. The summed E-state index contributed by atoms with van der Waals surface area (Å²) in [6, 6.07) is -9.26. The van der Waals surface area contributed by atoms with Crippen molar-refractivity contribution in [1.82, 2.24) is 47.2 Å². The first kappa shape index (κ1) is 52.6. The number of carbonyl (C=O) groups excluding carboxylic acids is 7. The summed E-state index contributed by atoms with van der Waals surface area (Å²) < 4.78 is 0. The maximum absolute atomic E-state index is 13.9. The van der Waals surface area contributed by atoms with Gasteiger partial charge in [0, 0.05) is 29.8 Å². The highest BCUT2D eigenvalue weighted by Gasteiger charge is 2.35. The van der Waals surface area contributed by atoms with Gasteiger partial charge >= 0.3 is 5.97 Å². The van der Waals surface area contributed by atoms with Gasteiger partial charge in [-0.25, -0.2) is 9.78 Å². The Kier molecular flexibility index (Phi) is 23.8. The largest absolute Gasteiger partial charge is 0.480 e. The van der Waals surface area contributed by atoms with Crippen molar-refractivity contribution in [3.63, 3.8) is 0 Å². The van der Waals surface area contributed by atoms with Gasteiger partial charge in [0.1, 0.15) is 42.3 Å². The first-order chi connectivity index (χ1) is 27.7. The van der Waals surface area contributed by atoms with Crippen LogP contribution in [-0.2, 0) is 44.8 Å². The van der Waals surface area contributed by atoms with Crippen molar-refractivity contribution in [2.75, 3.05) is 18.1 Å². The van der Waals surface area contributed by atoms with Gasteiger partial charge in [-0.2, -0.15) is 25.3 Å². The molecule has 20 nitrogen and oxygen atoms in total. The Morgan fingerprint density at radius 1 is 0.661 bits per heavy atom. The van der Waals surface area contributed by atoms with E-state index in [4.69, 9.17) is 11.5 Å². The minimum absolute atomic E-state index is 0.0188. The number of nitrogens with one attached hydrogen (secondary N) is 8. The van der Waals surface area contributed by atoms with Crippen LogP contribution in [0.1, 0.15) is 79.8 Å². The third-order valence-corrected chi connectivity index (χ3v) is 9.87. The van der Waals surface area contributed by atoms with E-state index >= 15 is 0 Å². The molecule has 0 saturated heterocycles. The van der Waals surface area contributed by atoms with Crippen LogP contribution in [0.3, 0.4) is 0 Å². The molecule has 59 heavy (non-hydrogen) atoms. The van der Waals surface area contributed by atoms with Crippen molar-refractivity contribution >= 4 is 72.6 Å². The molecule has 0 aliphatic carbocycles. The van der Waals surface area contributed by atoms with E-state index in [-0.39, 0.29) is 36.7 Å². The number of hydrogen-bond acceptors (Lipinski definition) is 13. The maximum atomic E-state index is 13.9. The molecule has 8 atom stereocenters. The quantitative estimate of drug-likeness (QED) is 0.0342. The fourth-order valence-corrected chi connectivity index (χ4v) is 6.03. The molecule has 13 N–H and O–H groups in total. The lowest BCUT2D eigenvalue weighted by Gasteiger charge is -2.29. The normalized spacial score (nSPS) is 15.4. The predicted octanol–water partition coefficient (Wildman–Crippen LogP) is -1.88. The summed E-state index contributed by atoms with van der Waals surface area (Å²) in [5.74, 6) is -7.31. The number of thiol groups is 2. The first-order valence-corrected chi connectivity index (χ1v) is 20.9. The maximum Gasteiger partial charge on any atom is 0.327 e. The molecular formula is C37H65N11O9S2. The van der Waals surface area contributed by atoms with Crippen LogP contribution in [0.25, 0.3) is 0 Å². The van der Waals surface area contributed by atoms with Gasteiger partial charge in [-0.05, 0) is 56.9 Å². The molecule has 8 unspecified atom stereocenters. The van der Waals surface area contributed by atoms with Crippen LogP contribution >= 0.6 is 25.3 Å². The molecule has 0 aromatic carbocycles. The molecule has 7 amide bonds. The van der Waals surface area contributed by atoms with E-state index in [1.54, 1.807) is 27.7 Å². The van der Waals surface area contributed by atoms with Gasteiger partial charge < -0.3 is 58.8 Å². The summed E-state index contributed by atoms with van der Waals surface area (Å²) in [5.41, 5.74) is 12.0. The second-order valence-corrected chi connectivity index (χ2v) is 16.2. The van der Waals surface area contributed by atoms with Crippen LogP contribution in [0.2, 0.25) is 0 Å². The summed E-state index contributed by atoms with van der Waals surface area (Å²) in [6.07, 6.45) is 4.13. The van der Waals surface area contributed by atoms with Crippen molar-refractivity contribution in [1.29, 1.82) is 0 Å². The van der Waals surface area contributed by atoms with Crippen molar-refractivity contribution in [2.24, 2.45) is 29.2 Å². The summed E-state index contributed by atoms with van der Waals surface area (Å²) >= 11 is 8.01. The molecule has 1 aromatic heterocycles. The van der Waals surface area contributed by atoms with E-state index < -0.39 is 107 Å². The van der Waals surface area contributed by atoms with Crippen LogP contribution in [0.15, 0.2) is 12.5 Å². The molecule has 0 aliphatic heterocycles. The zero-order valence-corrected chi connectivity index (χ0v) is 36.7. The number of carbonyl (C=O) groups is 8. The van der Waals surface area contributed by atoms with E-state index in [0.717, 1.165) is 0 Å². The fraction of sp³-hybridized carbons (Fsp3) is 0.703. The smallest absolute Gasteiger partial charge is 0.327 e. The van der Waals surface area contributed by atoms with Crippen LogP contribution in [0.4, 0.5) is 0 Å². The number of nitrogens with zero attached hydrogens (tertiary/aromatic N) is 1. The van der Waals surface area contributed by atoms with E-state index in [9.17, 15) is 43.5 Å². The number of hydrogen-bond donors (Lipinski definition) is 13. The topological polar surface area (TPSA) is 322 Å². The molecule has 0 fully saturated rings. The lowest BCUT2D eigenvalue weighted by atomic mass is 9.99. The third-order valence-electron chi connectivity index (χ3n) is 9.11. The highest BCUT2D eigenvalue weighted by atomic mass is 32.1. The molecule has 334 valence electrons. The van der Waals surface area contributed by atoms with Crippen LogP contribution in [-0.4, -0.2) is 129 Å². The predicted molar refractivity (Wildman–Crippen MR) is 227 cm³/mol. The summed E-state index contributed by atoms with van der Waals surface area (Å²) in [7, 11) is 0. The zero-order valence-electron chi connectivity index (χ0n) is 34.9. The number of aliphatic carboxylic acids is 1. The SMILES string of the molecule is CC(C)CC(NC(=O)C(N)CS)C(=O)NC(CCCCN)C(=O)NC(Cc1cnc[nH]1)C(=O)NC(C)C(=O)NC(C(=O)NC(C(=O)NC(CS)C(=O)O)C(C)C)C(C)C. The second-order valence-electron chi connectivity index (χ2n) is 15.4. The fourth-order valence-electron chi connectivity index (χ4n) is 5.61. The van der Waals surface area contributed by atoms with Gasteiger partial charge in [0.2, 0.25) is 41.4 Å². The Morgan fingerprint density at radius 2 is 1.17 bits per heavy atom. The number of imidazole rings is 1. The number of unbranched alkanes of at least 4 members (excludes halogenated alkanes) is 1. The minimum atomic E-state index is -1.30. The van der Waals surface area contributed by atoms with Crippen molar-refractivity contribution in [3.8, 4) is 0 Å². The van der Waals surface area contributed by atoms with E-state index in [1.165, 1.54) is 19.4 Å². The number of rotatable bonds is 27. The van der Waals surface area contributed by atoms with Crippen molar-refractivity contribution < 1.29 is 43.5 Å². The standard InChI is InChI=1S/C37H65N11O9S2/c1-18(2)12-25(44-31(50)23(39)15-58)34(53)43-24(10-8-9-11-38)32(51)45-26(13-22-14-40-17-41-22)33(52)42-21(7)30(49)47-29(20(5)6)36(55)48-28(19(3)4)35(54)46-27(16-59)37(56)57/h14,17-21,23-29,58-59H,8-13,15-16,38-39H2,1-7H3,(H,40,41)(H,42,52)(H,43,53)(H,44,50)(H,45,51)(H,46,54)(H,47,49)(H,48,55)(H,56,57). The minimum Gasteiger partial charge on any atom is -0.480 e. The number of carboxylic acids is 1. The lowest BCUT2D eigenvalue weighted by molar-refractivity contribution is -0.142. The summed E-state index contributed by atoms with van der Waals surface area (Å²) in [5, 5.41) is 27.5. The van der Waals surface area contributed by atoms with Crippen LogP contribution in [0, 0.1) is 17.8 Å². The molecule has 0 bridgehead atoms. The Balaban J connectivity index is 3.25. The van der Waals surface area contributed by atoms with Gasteiger partial charge in [-0.1, -0.05) is 41.5 Å². The average Bonchev–Trinajstić information content (AvgIpc) is 3.68. The number of carboxylic acid groups (broad SMARTS) is 1. The summed E-state index contributed by atoms with van der Waals surface area (Å²) in [4.78, 5) is 112. The number of amides is 7. The molecular weight excluding hydrogens is 807 g/mol. The van der Waals surface area contributed by atoms with E-state index in [2.05, 4.69) is 72.4 Å². The highest BCUT2D eigenvalue weighted by molar-refractivity contribution is 7.80. The van der Waals surface area contributed by atoms with Gasteiger partial charge in [-0.15, -0.1) is 0 Å². The number of nitrogens with two attached hydrogens (primary N) is 2. The molecule has 0 spiro atoms. The van der Waals surface area contributed by atoms with Crippen molar-refractivity contribution in [2.45, 2.75) is 129 Å². The number of H-pyrrole nitrogens is 1. The molecule has 22 heteroatoms. The van der Waals surface area contributed by atoms with Gasteiger partial charge in [-0.3, -0.25) is 33.6 Å². The van der Waals surface area contributed by atoms with Gasteiger partial charge in [0.05, 0.1) is 12.4 Å².